The molecular formula is C15H20F2O. The fraction of sp³-hybridized carbons (Fsp3) is 0.600. The van der Waals surface area contributed by atoms with Gasteiger partial charge in [0, 0.05) is 0 Å². The smallest absolute Gasteiger partial charge is 0.200 e. The van der Waals surface area contributed by atoms with Crippen molar-refractivity contribution in [3.05, 3.63) is 29.8 Å². The van der Waals surface area contributed by atoms with Crippen LogP contribution in [0.3, 0.4) is 0 Å². The maximum atomic E-state index is 13.4. The molecular weight excluding hydrogens is 234 g/mol. The van der Waals surface area contributed by atoms with E-state index in [1.54, 1.807) is 0 Å². The lowest BCUT2D eigenvalue weighted by molar-refractivity contribution is 0.175. The first-order valence-electron chi connectivity index (χ1n) is 6.77. The summed E-state index contributed by atoms with van der Waals surface area (Å²) in [5.41, 5.74) is 0. The van der Waals surface area contributed by atoms with Crippen LogP contribution in [0, 0.1) is 23.5 Å². The lowest BCUT2D eigenvalue weighted by Crippen LogP contribution is -2.20. The fourth-order valence-corrected chi connectivity index (χ4v) is 2.61. The van der Waals surface area contributed by atoms with E-state index in [4.69, 9.17) is 4.74 Å². The van der Waals surface area contributed by atoms with Crippen molar-refractivity contribution in [1.29, 1.82) is 0 Å². The molecule has 1 aromatic carbocycles. The second-order valence-electron chi connectivity index (χ2n) is 5.16. The van der Waals surface area contributed by atoms with Crippen molar-refractivity contribution in [3.8, 4) is 5.75 Å². The Kier molecular flexibility index (Phi) is 4.56. The molecule has 3 heteroatoms. The molecule has 0 aromatic heterocycles. The van der Waals surface area contributed by atoms with Crippen molar-refractivity contribution in [1.82, 2.24) is 0 Å². The summed E-state index contributed by atoms with van der Waals surface area (Å²) in [6.45, 7) is 2.72. The topological polar surface area (TPSA) is 9.23 Å². The molecule has 0 atom stereocenters. The summed E-state index contributed by atoms with van der Waals surface area (Å²) < 4.78 is 31.8. The van der Waals surface area contributed by atoms with Crippen molar-refractivity contribution in [2.24, 2.45) is 11.8 Å². The first-order valence-corrected chi connectivity index (χ1v) is 6.77. The highest BCUT2D eigenvalue weighted by atomic mass is 19.2. The van der Waals surface area contributed by atoms with Crippen molar-refractivity contribution < 1.29 is 13.5 Å². The second-order valence-corrected chi connectivity index (χ2v) is 5.16. The molecule has 1 aromatic rings. The molecule has 1 nitrogen and oxygen atoms in total. The molecule has 0 radical (unpaired) electrons. The molecule has 1 fully saturated rings. The molecule has 1 aliphatic rings. The Bertz CT molecular complexity index is 384. The van der Waals surface area contributed by atoms with Crippen LogP contribution >= 0.6 is 0 Å². The highest BCUT2D eigenvalue weighted by Gasteiger charge is 2.21. The van der Waals surface area contributed by atoms with Gasteiger partial charge in [-0.3, -0.25) is 0 Å². The first kappa shape index (κ1) is 13.3. The van der Waals surface area contributed by atoms with Crippen LogP contribution in [0.15, 0.2) is 18.2 Å². The molecule has 2 rings (SSSR count). The maximum Gasteiger partial charge on any atom is 0.200 e. The number of benzene rings is 1. The minimum atomic E-state index is -0.875. The average molecular weight is 254 g/mol. The summed E-state index contributed by atoms with van der Waals surface area (Å²) in [5.74, 6) is -0.364. The number of ether oxygens (including phenoxy) is 1. The van der Waals surface area contributed by atoms with Gasteiger partial charge in [0.25, 0.3) is 0 Å². The standard InChI is InChI=1S/C15H20F2O/c1-2-11-6-8-12(9-7-11)10-18-14-5-3-4-13(16)15(14)17/h3-5,11-12H,2,6-10H2,1H3. The number of hydrogen-bond donors (Lipinski definition) is 0. The molecule has 18 heavy (non-hydrogen) atoms. The van der Waals surface area contributed by atoms with E-state index in [0.29, 0.717) is 12.5 Å². The second kappa shape index (κ2) is 6.17. The first-order chi connectivity index (χ1) is 8.70. The highest BCUT2D eigenvalue weighted by molar-refractivity contribution is 5.25. The third kappa shape index (κ3) is 3.21. The van der Waals surface area contributed by atoms with Crippen LogP contribution in [0.1, 0.15) is 39.0 Å². The Labute approximate surface area is 107 Å². The van der Waals surface area contributed by atoms with Gasteiger partial charge in [0.15, 0.2) is 11.6 Å². The molecule has 100 valence electrons. The Morgan fingerprint density at radius 2 is 1.78 bits per heavy atom. The molecule has 0 bridgehead atoms. The van der Waals surface area contributed by atoms with Gasteiger partial charge in [-0.15, -0.1) is 0 Å². The van der Waals surface area contributed by atoms with Crippen LogP contribution in [-0.4, -0.2) is 6.61 Å². The Hall–Kier alpha value is -1.12. The summed E-state index contributed by atoms with van der Waals surface area (Å²) in [6, 6.07) is 4.06. The van der Waals surface area contributed by atoms with E-state index < -0.39 is 11.6 Å². The minimum absolute atomic E-state index is 0.0348. The van der Waals surface area contributed by atoms with E-state index in [1.807, 2.05) is 0 Å². The van der Waals surface area contributed by atoms with Gasteiger partial charge in [-0.25, -0.2) is 4.39 Å². The predicted octanol–water partition coefficient (Wildman–Crippen LogP) is 4.56. The zero-order valence-electron chi connectivity index (χ0n) is 10.8. The third-order valence-electron chi connectivity index (χ3n) is 3.93. The summed E-state index contributed by atoms with van der Waals surface area (Å²) in [4.78, 5) is 0. The SMILES string of the molecule is CCC1CCC(COc2cccc(F)c2F)CC1. The Morgan fingerprint density at radius 1 is 1.11 bits per heavy atom. The van der Waals surface area contributed by atoms with Crippen LogP contribution in [0.5, 0.6) is 5.75 Å². The van der Waals surface area contributed by atoms with Crippen LogP contribution in [0.25, 0.3) is 0 Å². The minimum Gasteiger partial charge on any atom is -0.490 e. The van der Waals surface area contributed by atoms with Gasteiger partial charge < -0.3 is 4.74 Å². The van der Waals surface area contributed by atoms with Crippen molar-refractivity contribution in [2.75, 3.05) is 6.61 Å². The van der Waals surface area contributed by atoms with Crippen LogP contribution < -0.4 is 4.74 Å². The normalized spacial score (nSPS) is 23.9. The van der Waals surface area contributed by atoms with E-state index in [2.05, 4.69) is 6.92 Å². The molecule has 0 heterocycles. The number of hydrogen-bond acceptors (Lipinski definition) is 1. The summed E-state index contributed by atoms with van der Waals surface area (Å²) in [6.07, 6.45) is 5.98. The molecule has 1 aliphatic carbocycles. The van der Waals surface area contributed by atoms with Gasteiger partial charge in [-0.05, 0) is 36.8 Å². The largest absolute Gasteiger partial charge is 0.490 e. The monoisotopic (exact) mass is 254 g/mol. The zero-order valence-corrected chi connectivity index (χ0v) is 10.8. The van der Waals surface area contributed by atoms with E-state index >= 15 is 0 Å². The quantitative estimate of drug-likeness (QED) is 0.765. The summed E-state index contributed by atoms with van der Waals surface area (Å²) in [5, 5.41) is 0. The fourth-order valence-electron chi connectivity index (χ4n) is 2.61. The third-order valence-corrected chi connectivity index (χ3v) is 3.93. The van der Waals surface area contributed by atoms with Gasteiger partial charge in [-0.1, -0.05) is 32.3 Å². The van der Waals surface area contributed by atoms with Crippen molar-refractivity contribution in [3.63, 3.8) is 0 Å². The van der Waals surface area contributed by atoms with Gasteiger partial charge in [0.1, 0.15) is 0 Å². The zero-order chi connectivity index (χ0) is 13.0. The molecule has 0 N–H and O–H groups in total. The van der Waals surface area contributed by atoms with Gasteiger partial charge in [-0.2, -0.15) is 4.39 Å². The maximum absolute atomic E-state index is 13.4. The van der Waals surface area contributed by atoms with Crippen LogP contribution in [0.2, 0.25) is 0 Å². The molecule has 0 saturated heterocycles. The summed E-state index contributed by atoms with van der Waals surface area (Å²) >= 11 is 0. The molecule has 0 amide bonds. The van der Waals surface area contributed by atoms with E-state index in [9.17, 15) is 8.78 Å². The van der Waals surface area contributed by atoms with E-state index in [-0.39, 0.29) is 5.75 Å². The van der Waals surface area contributed by atoms with Crippen molar-refractivity contribution in [2.45, 2.75) is 39.0 Å². The highest BCUT2D eigenvalue weighted by Crippen LogP contribution is 2.31. The lowest BCUT2D eigenvalue weighted by Gasteiger charge is -2.27. The predicted molar refractivity (Wildman–Crippen MR) is 67.6 cm³/mol. The van der Waals surface area contributed by atoms with Crippen LogP contribution in [0.4, 0.5) is 8.78 Å². The van der Waals surface area contributed by atoms with E-state index in [1.165, 1.54) is 31.4 Å². The van der Waals surface area contributed by atoms with Gasteiger partial charge in [0.05, 0.1) is 6.61 Å². The van der Waals surface area contributed by atoms with Crippen LogP contribution in [-0.2, 0) is 0 Å². The van der Waals surface area contributed by atoms with Gasteiger partial charge >= 0.3 is 0 Å². The number of halogens is 2. The molecule has 0 spiro atoms. The average Bonchev–Trinajstić information content (AvgIpc) is 2.41. The number of rotatable bonds is 4. The van der Waals surface area contributed by atoms with Gasteiger partial charge in [0.2, 0.25) is 5.82 Å². The molecule has 0 aliphatic heterocycles. The summed E-state index contributed by atoms with van der Waals surface area (Å²) in [7, 11) is 0. The van der Waals surface area contributed by atoms with Crippen molar-refractivity contribution >= 4 is 0 Å². The lowest BCUT2D eigenvalue weighted by atomic mass is 9.81. The molecule has 0 unspecified atom stereocenters. The molecule has 1 saturated carbocycles. The Morgan fingerprint density at radius 3 is 2.44 bits per heavy atom. The van der Waals surface area contributed by atoms with E-state index in [0.717, 1.165) is 24.8 Å². The Balaban J connectivity index is 1.83.